The minimum atomic E-state index is -0.645. The fourth-order valence-electron chi connectivity index (χ4n) is 3.64. The van der Waals surface area contributed by atoms with Crippen LogP contribution in [-0.4, -0.2) is 28.3 Å². The zero-order chi connectivity index (χ0) is 22.8. The largest absolute Gasteiger partial charge is 0.318 e. The van der Waals surface area contributed by atoms with E-state index >= 15 is 0 Å². The van der Waals surface area contributed by atoms with Crippen molar-refractivity contribution in [3.8, 4) is 5.69 Å². The first-order chi connectivity index (χ1) is 15.4. The Balaban J connectivity index is 1.45. The third-order valence-electron chi connectivity index (χ3n) is 5.30. The normalized spacial score (nSPS) is 16.0. The molecular weight excluding hydrogens is 426 g/mol. The number of nitrogens with one attached hydrogen (secondary N) is 1. The molecule has 3 aromatic rings. The molecule has 0 spiro atoms. The van der Waals surface area contributed by atoms with E-state index < -0.39 is 11.8 Å². The van der Waals surface area contributed by atoms with Gasteiger partial charge >= 0.3 is 0 Å². The maximum atomic E-state index is 12.7. The highest BCUT2D eigenvalue weighted by Crippen LogP contribution is 2.24. The van der Waals surface area contributed by atoms with Gasteiger partial charge in [0.25, 0.3) is 11.8 Å². The Morgan fingerprint density at radius 1 is 1.03 bits per heavy atom. The van der Waals surface area contributed by atoms with E-state index in [1.54, 1.807) is 31.2 Å². The molecule has 8 heteroatoms. The molecule has 162 valence electrons. The number of aromatic nitrogens is 1. The van der Waals surface area contributed by atoms with Gasteiger partial charge in [0.2, 0.25) is 0 Å². The molecule has 2 heterocycles. The van der Waals surface area contributed by atoms with Crippen LogP contribution in [0.2, 0.25) is 5.02 Å². The van der Waals surface area contributed by atoms with Crippen molar-refractivity contribution in [2.75, 3.05) is 5.01 Å². The van der Waals surface area contributed by atoms with E-state index in [1.165, 1.54) is 11.2 Å². The summed E-state index contributed by atoms with van der Waals surface area (Å²) in [7, 11) is 0. The van der Waals surface area contributed by atoms with Gasteiger partial charge in [-0.3, -0.25) is 9.59 Å². The average molecular weight is 448 g/mol. The molecule has 0 fully saturated rings. The van der Waals surface area contributed by atoms with Gasteiger partial charge in [0.1, 0.15) is 5.92 Å². The van der Waals surface area contributed by atoms with E-state index in [0.717, 1.165) is 17.1 Å². The van der Waals surface area contributed by atoms with E-state index in [1.807, 2.05) is 50.2 Å². The summed E-state index contributed by atoms with van der Waals surface area (Å²) in [6.45, 7) is 5.76. The Kier molecular flexibility index (Phi) is 5.92. The molecule has 7 nitrogen and oxygen atoms in total. The number of para-hydroxylation sites is 1. The molecule has 0 unspecified atom stereocenters. The second-order valence-electron chi connectivity index (χ2n) is 7.54. The van der Waals surface area contributed by atoms with Gasteiger partial charge < -0.3 is 4.57 Å². The van der Waals surface area contributed by atoms with Gasteiger partial charge in [0, 0.05) is 23.3 Å². The molecule has 0 radical (unpaired) electrons. The van der Waals surface area contributed by atoms with Crippen LogP contribution >= 0.6 is 11.6 Å². The Morgan fingerprint density at radius 2 is 1.72 bits per heavy atom. The molecule has 1 N–H and O–H groups in total. The number of hydrogen-bond acceptors (Lipinski definition) is 4. The summed E-state index contributed by atoms with van der Waals surface area (Å²) < 4.78 is 2.05. The van der Waals surface area contributed by atoms with Crippen LogP contribution < -0.4 is 10.4 Å². The lowest BCUT2D eigenvalue weighted by atomic mass is 10.1. The lowest BCUT2D eigenvalue weighted by Crippen LogP contribution is -2.29. The zero-order valence-corrected chi connectivity index (χ0v) is 18.7. The van der Waals surface area contributed by atoms with Crippen molar-refractivity contribution in [1.82, 2.24) is 9.99 Å². The molecule has 1 aromatic heterocycles. The van der Waals surface area contributed by atoms with Crippen LogP contribution in [0, 0.1) is 19.8 Å². The van der Waals surface area contributed by atoms with Crippen molar-refractivity contribution in [3.63, 3.8) is 0 Å². The molecule has 0 aliphatic carbocycles. The van der Waals surface area contributed by atoms with E-state index in [0.29, 0.717) is 22.0 Å². The molecule has 0 bridgehead atoms. The van der Waals surface area contributed by atoms with Crippen molar-refractivity contribution in [1.29, 1.82) is 0 Å². The van der Waals surface area contributed by atoms with Crippen LogP contribution in [0.1, 0.15) is 28.7 Å². The zero-order valence-electron chi connectivity index (χ0n) is 17.9. The monoisotopic (exact) mass is 447 g/mol. The van der Waals surface area contributed by atoms with E-state index in [2.05, 4.69) is 20.2 Å². The number of benzene rings is 2. The van der Waals surface area contributed by atoms with Crippen LogP contribution in [-0.2, 0) is 4.79 Å². The predicted octanol–water partition coefficient (Wildman–Crippen LogP) is 4.50. The molecule has 2 amide bonds. The summed E-state index contributed by atoms with van der Waals surface area (Å²) in [5.41, 5.74) is 7.04. The molecule has 4 rings (SSSR count). The first-order valence-corrected chi connectivity index (χ1v) is 10.5. The number of aryl methyl sites for hydroxylation is 2. The highest BCUT2D eigenvalue weighted by atomic mass is 35.5. The van der Waals surface area contributed by atoms with Crippen molar-refractivity contribution in [3.05, 3.63) is 82.6 Å². The Hall–Kier alpha value is -3.71. The number of amides is 2. The van der Waals surface area contributed by atoms with Gasteiger partial charge in [-0.25, -0.2) is 5.43 Å². The standard InChI is InChI=1S/C24H22ClN5O2/c1-15-9-10-16(2)29(15)19-11-12-20(22(25)13-19)23(31)27-26-14-21-17(3)28-30(24(21)32)18-7-5-4-6-8-18/h4-14,21H,1-3H3,(H,27,31)/b26-14-/t21-/m1/s1. The lowest BCUT2D eigenvalue weighted by Gasteiger charge is -2.12. The Bertz CT molecular complexity index is 1230. The Morgan fingerprint density at radius 3 is 2.38 bits per heavy atom. The number of rotatable bonds is 5. The fourth-order valence-corrected chi connectivity index (χ4v) is 3.90. The smallest absolute Gasteiger partial charge is 0.272 e. The summed E-state index contributed by atoms with van der Waals surface area (Å²) in [5, 5.41) is 9.95. The lowest BCUT2D eigenvalue weighted by molar-refractivity contribution is -0.118. The van der Waals surface area contributed by atoms with Crippen LogP contribution in [0.3, 0.4) is 0 Å². The van der Waals surface area contributed by atoms with Crippen LogP contribution in [0.25, 0.3) is 5.69 Å². The molecule has 1 atom stereocenters. The maximum Gasteiger partial charge on any atom is 0.272 e. The van der Waals surface area contributed by atoms with Crippen molar-refractivity contribution < 1.29 is 9.59 Å². The Labute approximate surface area is 191 Å². The SMILES string of the molecule is CC1=NN(c2ccccc2)C(=O)[C@@H]1/C=N\NC(=O)c1ccc(-n2c(C)ccc2C)cc1Cl. The fraction of sp³-hybridized carbons (Fsp3) is 0.167. The van der Waals surface area contributed by atoms with Gasteiger partial charge in [0.05, 0.1) is 22.0 Å². The second kappa shape index (κ2) is 8.80. The first kappa shape index (κ1) is 21.5. The van der Waals surface area contributed by atoms with Crippen LogP contribution in [0.4, 0.5) is 5.69 Å². The minimum Gasteiger partial charge on any atom is -0.318 e. The first-order valence-electron chi connectivity index (χ1n) is 10.1. The van der Waals surface area contributed by atoms with Crippen molar-refractivity contribution in [2.24, 2.45) is 16.1 Å². The molecule has 0 saturated heterocycles. The minimum absolute atomic E-state index is 0.230. The van der Waals surface area contributed by atoms with E-state index in [9.17, 15) is 9.59 Å². The summed E-state index contributed by atoms with van der Waals surface area (Å²) in [4.78, 5) is 25.3. The highest BCUT2D eigenvalue weighted by Gasteiger charge is 2.33. The molecule has 32 heavy (non-hydrogen) atoms. The van der Waals surface area contributed by atoms with Gasteiger partial charge in [-0.1, -0.05) is 29.8 Å². The molecule has 1 aliphatic heterocycles. The second-order valence-corrected chi connectivity index (χ2v) is 7.95. The number of hydrazone groups is 2. The van der Waals surface area contributed by atoms with Gasteiger partial charge in [-0.15, -0.1) is 0 Å². The van der Waals surface area contributed by atoms with E-state index in [4.69, 9.17) is 11.6 Å². The predicted molar refractivity (Wildman–Crippen MR) is 127 cm³/mol. The van der Waals surface area contributed by atoms with Gasteiger partial charge in [-0.05, 0) is 63.2 Å². The number of anilines is 1. The third-order valence-corrected chi connectivity index (χ3v) is 5.61. The molecule has 1 aliphatic rings. The molecular formula is C24H22ClN5O2. The van der Waals surface area contributed by atoms with Crippen LogP contribution in [0.5, 0.6) is 0 Å². The number of nitrogens with zero attached hydrogens (tertiary/aromatic N) is 4. The maximum absolute atomic E-state index is 12.7. The summed E-state index contributed by atoms with van der Waals surface area (Å²) in [6, 6.07) is 18.4. The number of carbonyl (C=O) groups is 2. The van der Waals surface area contributed by atoms with Gasteiger partial charge in [-0.2, -0.15) is 15.2 Å². The quantitative estimate of drug-likeness (QED) is 0.461. The number of halogens is 1. The van der Waals surface area contributed by atoms with Gasteiger partial charge in [0.15, 0.2) is 0 Å². The topological polar surface area (TPSA) is 79.1 Å². The van der Waals surface area contributed by atoms with E-state index in [-0.39, 0.29) is 5.91 Å². The summed E-state index contributed by atoms with van der Waals surface area (Å²) >= 11 is 6.38. The number of hydrogen-bond donors (Lipinski definition) is 1. The highest BCUT2D eigenvalue weighted by molar-refractivity contribution is 6.34. The average Bonchev–Trinajstić information content (AvgIpc) is 3.26. The molecule has 0 saturated carbocycles. The van der Waals surface area contributed by atoms with Crippen molar-refractivity contribution >= 4 is 41.0 Å². The summed E-state index contributed by atoms with van der Waals surface area (Å²) in [5.74, 6) is -1.33. The summed E-state index contributed by atoms with van der Waals surface area (Å²) in [6.07, 6.45) is 1.39. The third kappa shape index (κ3) is 4.07. The van der Waals surface area contributed by atoms with Crippen molar-refractivity contribution in [2.45, 2.75) is 20.8 Å². The number of carbonyl (C=O) groups excluding carboxylic acids is 2. The molecule has 2 aromatic carbocycles. The van der Waals surface area contributed by atoms with Crippen LogP contribution in [0.15, 0.2) is 70.9 Å².